The number of nitrogens with one attached hydrogen (secondary N) is 1. The highest BCUT2D eigenvalue weighted by atomic mass is 35.5. The average molecular weight is 379 g/mol. The van der Waals surface area contributed by atoms with Crippen molar-refractivity contribution in [3.8, 4) is 11.3 Å². The lowest BCUT2D eigenvalue weighted by Gasteiger charge is -2.28. The molecule has 3 N–H and O–H groups in total. The molecule has 5 nitrogen and oxygen atoms in total. The zero-order valence-corrected chi connectivity index (χ0v) is 15.8. The van der Waals surface area contributed by atoms with Crippen LogP contribution in [0.2, 0.25) is 0 Å². The summed E-state index contributed by atoms with van der Waals surface area (Å²) in [4.78, 5) is 15.2. The first-order chi connectivity index (χ1) is 11.6. The van der Waals surface area contributed by atoms with Crippen molar-refractivity contribution in [3.05, 3.63) is 41.5 Å². The van der Waals surface area contributed by atoms with Gasteiger partial charge in [-0.3, -0.25) is 0 Å². The first kappa shape index (κ1) is 20.1. The molecule has 1 fully saturated rings. The Kier molecular flexibility index (Phi) is 6.21. The Bertz CT molecular complexity index is 889. The molecule has 1 aromatic carbocycles. The number of piperidine rings is 1. The van der Waals surface area contributed by atoms with E-state index in [0.29, 0.717) is 0 Å². The lowest BCUT2D eigenvalue weighted by atomic mass is 10.1. The monoisotopic (exact) mass is 378 g/mol. The summed E-state index contributed by atoms with van der Waals surface area (Å²) in [7, 11) is 0. The molecule has 0 atom stereocenters. The topological polar surface area (TPSA) is 76.3 Å². The van der Waals surface area contributed by atoms with E-state index in [1.165, 1.54) is 31.4 Å². The first-order valence-electron chi connectivity index (χ1n) is 8.51. The Hall–Kier alpha value is -2.18. The van der Waals surface area contributed by atoms with Gasteiger partial charge in [-0.05, 0) is 62.9 Å². The van der Waals surface area contributed by atoms with Crippen molar-refractivity contribution in [3.63, 3.8) is 0 Å². The van der Waals surface area contributed by atoms with E-state index < -0.39 is 0 Å². The minimum atomic E-state index is -0.225. The van der Waals surface area contributed by atoms with Gasteiger partial charge in [0.05, 0.1) is 11.2 Å². The maximum absolute atomic E-state index is 13.2. The van der Waals surface area contributed by atoms with Gasteiger partial charge in [0.15, 0.2) is 5.82 Å². The second kappa shape index (κ2) is 8.01. The summed E-state index contributed by atoms with van der Waals surface area (Å²) in [6, 6.07) is 6.58. The minimum Gasteiger partial charge on any atom is -0.412 e. The van der Waals surface area contributed by atoms with E-state index in [1.54, 1.807) is 12.1 Å². The van der Waals surface area contributed by atoms with Crippen LogP contribution in [-0.2, 0) is 0 Å². The van der Waals surface area contributed by atoms with Gasteiger partial charge in [-0.25, -0.2) is 14.4 Å². The molecule has 0 unspecified atom stereocenters. The number of aromatic amines is 1. The number of aromatic nitrogens is 3. The van der Waals surface area contributed by atoms with Crippen LogP contribution in [0.1, 0.15) is 30.7 Å². The smallest absolute Gasteiger partial charge is 0.156 e. The second-order valence-corrected chi connectivity index (χ2v) is 6.50. The third-order valence-electron chi connectivity index (χ3n) is 4.77. The molecular formula is C19H24ClFN4O. The molecule has 0 saturated carbocycles. The third-order valence-corrected chi connectivity index (χ3v) is 4.77. The van der Waals surface area contributed by atoms with Crippen LogP contribution in [0.25, 0.3) is 22.3 Å². The number of halogens is 2. The number of anilines is 1. The fourth-order valence-corrected chi connectivity index (χ4v) is 3.52. The molecule has 1 aliphatic heterocycles. The number of hydrogen-bond acceptors (Lipinski definition) is 3. The maximum atomic E-state index is 13.2. The van der Waals surface area contributed by atoms with Crippen LogP contribution in [0, 0.1) is 19.7 Å². The molecule has 1 saturated heterocycles. The number of hydrogen-bond donors (Lipinski definition) is 1. The van der Waals surface area contributed by atoms with Crippen LogP contribution in [0.5, 0.6) is 0 Å². The molecule has 0 bridgehead atoms. The van der Waals surface area contributed by atoms with Gasteiger partial charge in [-0.15, -0.1) is 12.4 Å². The van der Waals surface area contributed by atoms with E-state index in [0.717, 1.165) is 52.6 Å². The Morgan fingerprint density at radius 2 is 1.65 bits per heavy atom. The summed E-state index contributed by atoms with van der Waals surface area (Å²) in [5.41, 5.74) is 4.99. The highest BCUT2D eigenvalue weighted by Crippen LogP contribution is 2.33. The highest BCUT2D eigenvalue weighted by Gasteiger charge is 2.20. The van der Waals surface area contributed by atoms with Gasteiger partial charge in [0.1, 0.15) is 17.2 Å². The molecule has 0 aliphatic carbocycles. The Morgan fingerprint density at radius 1 is 1.00 bits per heavy atom. The summed E-state index contributed by atoms with van der Waals surface area (Å²) in [6.45, 7) is 6.08. The van der Waals surface area contributed by atoms with E-state index in [4.69, 9.17) is 4.98 Å². The summed E-state index contributed by atoms with van der Waals surface area (Å²) in [5.74, 6) is 1.56. The molecule has 26 heavy (non-hydrogen) atoms. The van der Waals surface area contributed by atoms with Crippen molar-refractivity contribution in [2.45, 2.75) is 33.1 Å². The van der Waals surface area contributed by atoms with Gasteiger partial charge in [0.2, 0.25) is 0 Å². The third kappa shape index (κ3) is 3.52. The fraction of sp³-hybridized carbons (Fsp3) is 0.368. The standard InChI is InChI=1S/C19H21FN4.ClH.H2O/c1-12-16(14-6-8-15(20)9-7-14)23-18-17(12)21-13(2)22-19(18)24-10-4-3-5-11-24;;/h6-9,23H,3-5,10-11H2,1-2H3;1H;1H2. The molecule has 3 heterocycles. The SMILES string of the molecule is Cc1nc(N2CCCCC2)c2[nH]c(-c3ccc(F)cc3)c(C)c2n1.Cl.O. The van der Waals surface area contributed by atoms with Crippen molar-refractivity contribution in [2.24, 2.45) is 0 Å². The van der Waals surface area contributed by atoms with E-state index >= 15 is 0 Å². The second-order valence-electron chi connectivity index (χ2n) is 6.50. The van der Waals surface area contributed by atoms with Crippen molar-refractivity contribution in [1.29, 1.82) is 0 Å². The molecule has 1 aliphatic rings. The van der Waals surface area contributed by atoms with Crippen LogP contribution in [0.4, 0.5) is 10.2 Å². The maximum Gasteiger partial charge on any atom is 0.156 e. The Labute approximate surface area is 158 Å². The molecule has 0 amide bonds. The van der Waals surface area contributed by atoms with Crippen LogP contribution >= 0.6 is 12.4 Å². The summed E-state index contributed by atoms with van der Waals surface area (Å²) < 4.78 is 13.2. The lowest BCUT2D eigenvalue weighted by Crippen LogP contribution is -2.30. The van der Waals surface area contributed by atoms with Gasteiger partial charge in [0.25, 0.3) is 0 Å². The molecule has 0 radical (unpaired) electrons. The first-order valence-corrected chi connectivity index (χ1v) is 8.51. The molecule has 0 spiro atoms. The van der Waals surface area contributed by atoms with Gasteiger partial charge in [-0.1, -0.05) is 0 Å². The number of rotatable bonds is 2. The lowest BCUT2D eigenvalue weighted by molar-refractivity contribution is 0.574. The van der Waals surface area contributed by atoms with E-state index in [1.807, 2.05) is 6.92 Å². The number of nitrogens with zero attached hydrogens (tertiary/aromatic N) is 3. The normalized spacial score (nSPS) is 14.0. The van der Waals surface area contributed by atoms with Gasteiger partial charge < -0.3 is 15.4 Å². The van der Waals surface area contributed by atoms with Gasteiger partial charge >= 0.3 is 0 Å². The predicted octanol–water partition coefficient (Wildman–Crippen LogP) is 3.97. The van der Waals surface area contributed by atoms with Crippen molar-refractivity contribution in [2.75, 3.05) is 18.0 Å². The van der Waals surface area contributed by atoms with Gasteiger partial charge in [0, 0.05) is 18.7 Å². The number of fused-ring (bicyclic) bond motifs is 1. The number of H-pyrrole nitrogens is 1. The molecule has 7 heteroatoms. The average Bonchev–Trinajstić information content (AvgIpc) is 2.93. The van der Waals surface area contributed by atoms with Crippen LogP contribution in [0.15, 0.2) is 24.3 Å². The van der Waals surface area contributed by atoms with Crippen LogP contribution in [-0.4, -0.2) is 33.5 Å². The van der Waals surface area contributed by atoms with Gasteiger partial charge in [-0.2, -0.15) is 0 Å². The van der Waals surface area contributed by atoms with E-state index in [9.17, 15) is 4.39 Å². The molecule has 2 aromatic heterocycles. The van der Waals surface area contributed by atoms with Crippen molar-refractivity contribution in [1.82, 2.24) is 15.0 Å². The quantitative estimate of drug-likeness (QED) is 0.733. The van der Waals surface area contributed by atoms with Crippen molar-refractivity contribution < 1.29 is 9.87 Å². The number of benzene rings is 1. The molecular weight excluding hydrogens is 355 g/mol. The summed E-state index contributed by atoms with van der Waals surface area (Å²) in [6.07, 6.45) is 3.69. The number of aryl methyl sites for hydroxylation is 2. The minimum absolute atomic E-state index is 0. The largest absolute Gasteiger partial charge is 0.412 e. The van der Waals surface area contributed by atoms with Crippen LogP contribution < -0.4 is 4.90 Å². The zero-order chi connectivity index (χ0) is 16.7. The summed E-state index contributed by atoms with van der Waals surface area (Å²) >= 11 is 0. The fourth-order valence-electron chi connectivity index (χ4n) is 3.52. The van der Waals surface area contributed by atoms with Crippen LogP contribution in [0.3, 0.4) is 0 Å². The Balaban J connectivity index is 0.00000121. The zero-order valence-electron chi connectivity index (χ0n) is 15.0. The van der Waals surface area contributed by atoms with E-state index in [-0.39, 0.29) is 23.7 Å². The molecule has 3 aromatic rings. The molecule has 4 rings (SSSR count). The highest BCUT2D eigenvalue weighted by molar-refractivity contribution is 5.94. The predicted molar refractivity (Wildman–Crippen MR) is 106 cm³/mol. The Morgan fingerprint density at radius 3 is 2.31 bits per heavy atom. The van der Waals surface area contributed by atoms with E-state index in [2.05, 4.69) is 21.8 Å². The van der Waals surface area contributed by atoms with Crippen molar-refractivity contribution >= 4 is 29.3 Å². The summed E-state index contributed by atoms with van der Waals surface area (Å²) in [5, 5.41) is 0. The molecule has 140 valence electrons.